The van der Waals surface area contributed by atoms with Crippen molar-refractivity contribution in [1.29, 1.82) is 0 Å². The number of hydrogen-bond donors (Lipinski definition) is 0. The molecule has 2 rings (SSSR count). The predicted octanol–water partition coefficient (Wildman–Crippen LogP) is 1.45. The number of amides is 1. The van der Waals surface area contributed by atoms with Crippen molar-refractivity contribution in [3.05, 3.63) is 17.0 Å². The molecule has 0 N–H and O–H groups in total. The zero-order chi connectivity index (χ0) is 14.7. The van der Waals surface area contributed by atoms with Crippen LogP contribution in [0, 0.1) is 5.92 Å². The van der Waals surface area contributed by atoms with Gasteiger partial charge < -0.3 is 14.4 Å². The topological polar surface area (TPSA) is 72.9 Å². The van der Waals surface area contributed by atoms with E-state index in [9.17, 15) is 14.4 Å². The Hall–Kier alpha value is -1.89. The third-order valence-corrected chi connectivity index (χ3v) is 3.98. The number of anilines is 1. The average molecular weight is 297 g/mol. The molecule has 0 spiro atoms. The van der Waals surface area contributed by atoms with Crippen LogP contribution in [0.25, 0.3) is 0 Å². The van der Waals surface area contributed by atoms with Gasteiger partial charge in [-0.1, -0.05) is 0 Å². The van der Waals surface area contributed by atoms with E-state index in [0.717, 1.165) is 0 Å². The molecule has 20 heavy (non-hydrogen) atoms. The highest BCUT2D eigenvalue weighted by atomic mass is 32.1. The molecule has 1 aliphatic heterocycles. The van der Waals surface area contributed by atoms with Gasteiger partial charge in [-0.25, -0.2) is 4.79 Å². The van der Waals surface area contributed by atoms with Gasteiger partial charge >= 0.3 is 11.9 Å². The van der Waals surface area contributed by atoms with E-state index in [1.54, 1.807) is 18.4 Å². The molecule has 1 unspecified atom stereocenters. The highest BCUT2D eigenvalue weighted by molar-refractivity contribution is 7.14. The molecule has 1 saturated heterocycles. The molecule has 2 heterocycles. The van der Waals surface area contributed by atoms with Gasteiger partial charge in [0.15, 0.2) is 0 Å². The van der Waals surface area contributed by atoms with Gasteiger partial charge in [0.1, 0.15) is 5.00 Å². The monoisotopic (exact) mass is 297 g/mol. The van der Waals surface area contributed by atoms with E-state index in [4.69, 9.17) is 4.74 Å². The molecule has 1 aliphatic rings. The van der Waals surface area contributed by atoms with Crippen LogP contribution in [0.4, 0.5) is 5.00 Å². The van der Waals surface area contributed by atoms with Gasteiger partial charge in [-0.2, -0.15) is 0 Å². The molecule has 1 fully saturated rings. The zero-order valence-electron chi connectivity index (χ0n) is 11.3. The molecule has 0 aliphatic carbocycles. The van der Waals surface area contributed by atoms with Crippen molar-refractivity contribution in [3.8, 4) is 0 Å². The maximum Gasteiger partial charge on any atom is 0.341 e. The quantitative estimate of drug-likeness (QED) is 0.786. The Bertz CT molecular complexity index is 539. The lowest BCUT2D eigenvalue weighted by Crippen LogP contribution is -2.27. The van der Waals surface area contributed by atoms with Crippen LogP contribution in [0.15, 0.2) is 11.4 Å². The van der Waals surface area contributed by atoms with Crippen molar-refractivity contribution in [2.75, 3.05) is 25.2 Å². The van der Waals surface area contributed by atoms with E-state index < -0.39 is 17.9 Å². The van der Waals surface area contributed by atoms with Crippen LogP contribution in [0.1, 0.15) is 23.7 Å². The fourth-order valence-electron chi connectivity index (χ4n) is 2.10. The molecule has 1 aromatic heterocycles. The third kappa shape index (κ3) is 2.67. The normalized spacial score (nSPS) is 18.2. The minimum absolute atomic E-state index is 0.104. The molecule has 108 valence electrons. The second kappa shape index (κ2) is 6.04. The summed E-state index contributed by atoms with van der Waals surface area (Å²) >= 11 is 1.28. The second-order valence-electron chi connectivity index (χ2n) is 4.29. The summed E-state index contributed by atoms with van der Waals surface area (Å²) < 4.78 is 9.61. The summed E-state index contributed by atoms with van der Waals surface area (Å²) in [5.41, 5.74) is 0.357. The Kier molecular flexibility index (Phi) is 4.39. The van der Waals surface area contributed by atoms with Crippen molar-refractivity contribution in [1.82, 2.24) is 0 Å². The number of rotatable bonds is 4. The fourth-order valence-corrected chi connectivity index (χ4v) is 3.02. The fraction of sp³-hybridized carbons (Fsp3) is 0.462. The van der Waals surface area contributed by atoms with Crippen molar-refractivity contribution >= 4 is 34.2 Å². The van der Waals surface area contributed by atoms with E-state index in [0.29, 0.717) is 10.6 Å². The highest BCUT2D eigenvalue weighted by Crippen LogP contribution is 2.33. The molecule has 1 amide bonds. The Labute approximate surface area is 120 Å². The van der Waals surface area contributed by atoms with E-state index >= 15 is 0 Å². The van der Waals surface area contributed by atoms with Crippen LogP contribution in [0.3, 0.4) is 0 Å². The molecule has 0 saturated carbocycles. The van der Waals surface area contributed by atoms with E-state index in [1.165, 1.54) is 23.3 Å². The summed E-state index contributed by atoms with van der Waals surface area (Å²) in [7, 11) is 1.30. The number of nitrogens with zero attached hydrogens (tertiary/aromatic N) is 1. The van der Waals surface area contributed by atoms with Crippen LogP contribution in [0.5, 0.6) is 0 Å². The minimum Gasteiger partial charge on any atom is -0.469 e. The summed E-state index contributed by atoms with van der Waals surface area (Å²) in [6.45, 7) is 2.23. The van der Waals surface area contributed by atoms with Gasteiger partial charge in [-0.05, 0) is 18.4 Å². The minimum atomic E-state index is -0.482. The van der Waals surface area contributed by atoms with E-state index in [-0.39, 0.29) is 25.5 Å². The molecule has 0 aromatic carbocycles. The van der Waals surface area contributed by atoms with Crippen LogP contribution in [0.2, 0.25) is 0 Å². The lowest BCUT2D eigenvalue weighted by atomic mass is 10.1. The summed E-state index contributed by atoms with van der Waals surface area (Å²) in [4.78, 5) is 36.8. The molecule has 6 nitrogen and oxygen atoms in total. The molecule has 0 bridgehead atoms. The van der Waals surface area contributed by atoms with Crippen LogP contribution in [-0.2, 0) is 19.1 Å². The lowest BCUT2D eigenvalue weighted by molar-refractivity contribution is -0.145. The second-order valence-corrected chi connectivity index (χ2v) is 5.18. The van der Waals surface area contributed by atoms with Gasteiger partial charge in [-0.3, -0.25) is 9.59 Å². The summed E-state index contributed by atoms with van der Waals surface area (Å²) in [5.74, 6) is -1.54. The number of esters is 2. The lowest BCUT2D eigenvalue weighted by Gasteiger charge is -2.15. The smallest absolute Gasteiger partial charge is 0.341 e. The van der Waals surface area contributed by atoms with Gasteiger partial charge in [-0.15, -0.1) is 11.3 Å². The summed E-state index contributed by atoms with van der Waals surface area (Å²) in [6.07, 6.45) is 0.104. The first-order valence-electron chi connectivity index (χ1n) is 6.21. The first-order valence-corrected chi connectivity index (χ1v) is 7.09. The summed E-state index contributed by atoms with van der Waals surface area (Å²) in [6, 6.07) is 1.62. The molecule has 1 atom stereocenters. The van der Waals surface area contributed by atoms with Crippen molar-refractivity contribution < 1.29 is 23.9 Å². The maximum absolute atomic E-state index is 12.0. The maximum atomic E-state index is 12.0. The number of carbonyl (C=O) groups is 3. The van der Waals surface area contributed by atoms with E-state index in [1.807, 2.05) is 0 Å². The largest absolute Gasteiger partial charge is 0.469 e. The Morgan fingerprint density at radius 3 is 2.90 bits per heavy atom. The third-order valence-electron chi connectivity index (χ3n) is 3.04. The Balaban J connectivity index is 2.21. The van der Waals surface area contributed by atoms with Crippen LogP contribution >= 0.6 is 11.3 Å². The van der Waals surface area contributed by atoms with Crippen LogP contribution in [-0.4, -0.2) is 38.1 Å². The molecule has 1 aromatic rings. The van der Waals surface area contributed by atoms with Crippen molar-refractivity contribution in [3.63, 3.8) is 0 Å². The number of hydrogen-bond acceptors (Lipinski definition) is 6. The first kappa shape index (κ1) is 14.5. The zero-order valence-corrected chi connectivity index (χ0v) is 12.1. The van der Waals surface area contributed by atoms with Gasteiger partial charge in [0.05, 0.1) is 25.2 Å². The number of thiophene rings is 1. The average Bonchev–Trinajstić information content (AvgIpc) is 3.04. The number of ether oxygens (including phenoxy) is 2. The first-order chi connectivity index (χ1) is 9.58. The highest BCUT2D eigenvalue weighted by Gasteiger charge is 2.37. The molecule has 0 radical (unpaired) electrons. The van der Waals surface area contributed by atoms with Gasteiger partial charge in [0, 0.05) is 13.0 Å². The predicted molar refractivity (Wildman–Crippen MR) is 72.8 cm³/mol. The molecular formula is C13H15NO5S. The van der Waals surface area contributed by atoms with Crippen molar-refractivity contribution in [2.24, 2.45) is 5.92 Å². The summed E-state index contributed by atoms with van der Waals surface area (Å²) in [5, 5.41) is 2.25. The van der Waals surface area contributed by atoms with Crippen molar-refractivity contribution in [2.45, 2.75) is 13.3 Å². The van der Waals surface area contributed by atoms with Crippen LogP contribution < -0.4 is 4.90 Å². The van der Waals surface area contributed by atoms with Gasteiger partial charge in [0.25, 0.3) is 0 Å². The SMILES string of the molecule is CCOC(=O)c1ccsc1N1CC(C(=O)OC)CC1=O. The Morgan fingerprint density at radius 1 is 1.50 bits per heavy atom. The standard InChI is InChI=1S/C13H15NO5S/c1-3-19-13(17)9-4-5-20-11(9)14-7-8(6-10(14)15)12(16)18-2/h4-5,8H,3,6-7H2,1-2H3. The number of carbonyl (C=O) groups excluding carboxylic acids is 3. The Morgan fingerprint density at radius 2 is 2.25 bits per heavy atom. The van der Waals surface area contributed by atoms with E-state index in [2.05, 4.69) is 4.74 Å². The number of methoxy groups -OCH3 is 1. The molecule has 7 heteroatoms. The molecular weight excluding hydrogens is 282 g/mol. The van der Waals surface area contributed by atoms with Gasteiger partial charge in [0.2, 0.25) is 5.91 Å².